The van der Waals surface area contributed by atoms with Gasteiger partial charge in [0.25, 0.3) is 0 Å². The summed E-state index contributed by atoms with van der Waals surface area (Å²) in [5, 5.41) is 25.1. The third-order valence-electron chi connectivity index (χ3n) is 7.14. The number of methoxy groups -OCH3 is 1. The van der Waals surface area contributed by atoms with Crippen LogP contribution in [0.1, 0.15) is 32.4 Å². The molecule has 4 heterocycles. The maximum absolute atomic E-state index is 12.2. The molecule has 1 aliphatic heterocycles. The standard InChI is InChI=1S/C29H30ClN7O4/c1-28(2,39)17-41-22-14-23(36-12-10-29(40-3,11-13-36)27(32)38)37-26(34-22)24(18-4-7-20(30)8-5-18)25(35-37)19-6-9-21(15-31)33-16-19/h4-9,14,16,39H,10-13,17H2,1-3H3,(H2,32,38). The molecule has 4 aromatic rings. The molecule has 1 saturated heterocycles. The molecular formula is C29H30ClN7O4. The fraction of sp³-hybridized carbons (Fsp3) is 0.345. The average Bonchev–Trinajstić information content (AvgIpc) is 3.35. The van der Waals surface area contributed by atoms with Gasteiger partial charge in [0, 0.05) is 55.9 Å². The van der Waals surface area contributed by atoms with Crippen LogP contribution >= 0.6 is 11.6 Å². The molecule has 3 N–H and O–H groups in total. The number of aromatic nitrogens is 4. The Balaban J connectivity index is 1.71. The van der Waals surface area contributed by atoms with Crippen LogP contribution in [0.5, 0.6) is 5.88 Å². The molecule has 41 heavy (non-hydrogen) atoms. The molecule has 0 aliphatic carbocycles. The number of rotatable bonds is 8. The number of pyridine rings is 1. The van der Waals surface area contributed by atoms with E-state index >= 15 is 0 Å². The van der Waals surface area contributed by atoms with Gasteiger partial charge < -0.3 is 25.2 Å². The number of piperidine rings is 1. The first-order valence-electron chi connectivity index (χ1n) is 13.0. The summed E-state index contributed by atoms with van der Waals surface area (Å²) in [5.74, 6) is 0.485. The van der Waals surface area contributed by atoms with Gasteiger partial charge in [-0.05, 0) is 43.7 Å². The topological polar surface area (TPSA) is 152 Å². The normalized spacial score (nSPS) is 15.1. The number of primary amides is 1. The number of hydrogen-bond acceptors (Lipinski definition) is 9. The van der Waals surface area contributed by atoms with Gasteiger partial charge in [-0.25, -0.2) is 4.98 Å². The van der Waals surface area contributed by atoms with Gasteiger partial charge in [0.05, 0.1) is 11.2 Å². The lowest BCUT2D eigenvalue weighted by Crippen LogP contribution is -2.53. The number of fused-ring (bicyclic) bond motifs is 1. The van der Waals surface area contributed by atoms with E-state index in [-0.39, 0.29) is 12.3 Å². The Morgan fingerprint density at radius 3 is 2.44 bits per heavy atom. The van der Waals surface area contributed by atoms with E-state index in [2.05, 4.69) is 9.88 Å². The number of carbonyl (C=O) groups is 1. The van der Waals surface area contributed by atoms with Crippen LogP contribution in [0.2, 0.25) is 5.02 Å². The molecule has 0 bridgehead atoms. The highest BCUT2D eigenvalue weighted by Gasteiger charge is 2.41. The van der Waals surface area contributed by atoms with Crippen LogP contribution in [0.15, 0.2) is 48.7 Å². The van der Waals surface area contributed by atoms with E-state index in [1.54, 1.807) is 54.9 Å². The zero-order valence-corrected chi connectivity index (χ0v) is 23.7. The van der Waals surface area contributed by atoms with Crippen molar-refractivity contribution in [1.82, 2.24) is 19.6 Å². The molecule has 1 amide bonds. The zero-order valence-electron chi connectivity index (χ0n) is 23.0. The molecular weight excluding hydrogens is 546 g/mol. The van der Waals surface area contributed by atoms with Crippen LogP contribution in [-0.2, 0) is 9.53 Å². The Morgan fingerprint density at radius 2 is 1.88 bits per heavy atom. The number of nitriles is 1. The van der Waals surface area contributed by atoms with Crippen molar-refractivity contribution in [2.24, 2.45) is 5.73 Å². The fourth-order valence-electron chi connectivity index (χ4n) is 4.86. The number of nitrogens with zero attached hydrogens (tertiary/aromatic N) is 6. The average molecular weight is 576 g/mol. The summed E-state index contributed by atoms with van der Waals surface area (Å²) in [5.41, 5.74) is 7.16. The van der Waals surface area contributed by atoms with Crippen molar-refractivity contribution in [3.63, 3.8) is 0 Å². The van der Waals surface area contributed by atoms with Crippen molar-refractivity contribution in [3.05, 3.63) is 59.4 Å². The smallest absolute Gasteiger partial charge is 0.249 e. The van der Waals surface area contributed by atoms with Gasteiger partial charge in [-0.2, -0.15) is 19.9 Å². The molecule has 212 valence electrons. The highest BCUT2D eigenvalue weighted by molar-refractivity contribution is 6.30. The van der Waals surface area contributed by atoms with Gasteiger partial charge in [0.1, 0.15) is 35.5 Å². The number of halogens is 1. The predicted molar refractivity (Wildman–Crippen MR) is 154 cm³/mol. The van der Waals surface area contributed by atoms with Crippen molar-refractivity contribution >= 4 is 29.0 Å². The van der Waals surface area contributed by atoms with Crippen LogP contribution < -0.4 is 15.4 Å². The molecule has 0 atom stereocenters. The van der Waals surface area contributed by atoms with Gasteiger partial charge in [0.15, 0.2) is 5.65 Å². The number of benzene rings is 1. The largest absolute Gasteiger partial charge is 0.474 e. The number of carbonyl (C=O) groups excluding carboxylic acids is 1. The summed E-state index contributed by atoms with van der Waals surface area (Å²) < 4.78 is 13.3. The third kappa shape index (κ3) is 5.67. The molecule has 0 saturated carbocycles. The second-order valence-corrected chi connectivity index (χ2v) is 11.0. The lowest BCUT2D eigenvalue weighted by molar-refractivity contribution is -0.142. The first kappa shape index (κ1) is 28.3. The Morgan fingerprint density at radius 1 is 1.20 bits per heavy atom. The second kappa shape index (κ2) is 11.0. The quantitative estimate of drug-likeness (QED) is 0.321. The maximum atomic E-state index is 12.2. The summed E-state index contributed by atoms with van der Waals surface area (Å²) in [7, 11) is 1.50. The summed E-state index contributed by atoms with van der Waals surface area (Å²) in [6.45, 7) is 4.24. The van der Waals surface area contributed by atoms with E-state index in [0.717, 1.165) is 5.56 Å². The number of ether oxygens (including phenoxy) is 2. The predicted octanol–water partition coefficient (Wildman–Crippen LogP) is 3.60. The Hall–Kier alpha value is -4.24. The maximum Gasteiger partial charge on any atom is 0.249 e. The molecule has 3 aromatic heterocycles. The molecule has 5 rings (SSSR count). The highest BCUT2D eigenvalue weighted by atomic mass is 35.5. The minimum atomic E-state index is -1.09. The number of amides is 1. The van der Waals surface area contributed by atoms with Crippen LogP contribution in [0.4, 0.5) is 5.82 Å². The number of aliphatic hydroxyl groups is 1. The Bertz CT molecular complexity index is 1610. The van der Waals surface area contributed by atoms with Crippen molar-refractivity contribution in [3.8, 4) is 34.3 Å². The summed E-state index contributed by atoms with van der Waals surface area (Å²) in [6, 6.07) is 14.6. The highest BCUT2D eigenvalue weighted by Crippen LogP contribution is 2.39. The Kier molecular flexibility index (Phi) is 7.57. The molecule has 1 aromatic carbocycles. The van der Waals surface area contributed by atoms with E-state index in [9.17, 15) is 15.2 Å². The number of anilines is 1. The zero-order chi connectivity index (χ0) is 29.4. The van der Waals surface area contributed by atoms with Gasteiger partial charge >= 0.3 is 0 Å². The van der Waals surface area contributed by atoms with Gasteiger partial charge in [-0.1, -0.05) is 23.7 Å². The van der Waals surface area contributed by atoms with Gasteiger partial charge in [-0.3, -0.25) is 4.79 Å². The molecule has 12 heteroatoms. The van der Waals surface area contributed by atoms with Crippen molar-refractivity contribution in [2.45, 2.75) is 37.9 Å². The van der Waals surface area contributed by atoms with Crippen molar-refractivity contribution < 1.29 is 19.4 Å². The minimum Gasteiger partial charge on any atom is -0.474 e. The van der Waals surface area contributed by atoms with Crippen molar-refractivity contribution in [2.75, 3.05) is 31.7 Å². The van der Waals surface area contributed by atoms with Crippen LogP contribution in [0.3, 0.4) is 0 Å². The van der Waals surface area contributed by atoms with Crippen LogP contribution in [0.25, 0.3) is 28.0 Å². The molecule has 1 fully saturated rings. The lowest BCUT2D eigenvalue weighted by Gasteiger charge is -2.39. The van der Waals surface area contributed by atoms with E-state index < -0.39 is 17.1 Å². The number of hydrogen-bond donors (Lipinski definition) is 2. The van der Waals surface area contributed by atoms with E-state index in [0.29, 0.717) is 65.1 Å². The molecule has 0 spiro atoms. The Labute approximate surface area is 242 Å². The fourth-order valence-corrected chi connectivity index (χ4v) is 4.99. The SMILES string of the molecule is COC1(C(N)=O)CCN(c2cc(OCC(C)(C)O)nc3c(-c4ccc(Cl)cc4)c(-c4ccc(C#N)nc4)nn23)CC1. The first-order valence-corrected chi connectivity index (χ1v) is 13.4. The van der Waals surface area contributed by atoms with Gasteiger partial charge in [-0.15, -0.1) is 0 Å². The minimum absolute atomic E-state index is 0.0148. The second-order valence-electron chi connectivity index (χ2n) is 10.6. The summed E-state index contributed by atoms with van der Waals surface area (Å²) in [4.78, 5) is 23.3. The van der Waals surface area contributed by atoms with Crippen LogP contribution in [0, 0.1) is 11.3 Å². The van der Waals surface area contributed by atoms with Gasteiger partial charge in [0.2, 0.25) is 11.8 Å². The lowest BCUT2D eigenvalue weighted by atomic mass is 9.90. The first-order chi connectivity index (χ1) is 19.5. The number of nitrogens with two attached hydrogens (primary N) is 1. The third-order valence-corrected chi connectivity index (χ3v) is 7.39. The molecule has 1 aliphatic rings. The van der Waals surface area contributed by atoms with Crippen LogP contribution in [-0.4, -0.2) is 68.6 Å². The molecule has 0 unspecified atom stereocenters. The van der Waals surface area contributed by atoms with E-state index in [1.807, 2.05) is 18.2 Å². The van der Waals surface area contributed by atoms with E-state index in [1.165, 1.54) is 7.11 Å². The van der Waals surface area contributed by atoms with Crippen molar-refractivity contribution in [1.29, 1.82) is 5.26 Å². The summed E-state index contributed by atoms with van der Waals surface area (Å²) >= 11 is 6.20. The molecule has 0 radical (unpaired) electrons. The summed E-state index contributed by atoms with van der Waals surface area (Å²) in [6.07, 6.45) is 2.38. The monoisotopic (exact) mass is 575 g/mol. The molecule has 11 nitrogen and oxygen atoms in total. The van der Waals surface area contributed by atoms with E-state index in [4.69, 9.17) is 36.9 Å².